The Morgan fingerprint density at radius 3 is 2.43 bits per heavy atom. The SMILES string of the molecule is C/C=C/O[C@@H](C)NC(=O)OC(C)(C)C. The van der Waals surface area contributed by atoms with Crippen LogP contribution in [0.25, 0.3) is 0 Å². The zero-order valence-electron chi connectivity index (χ0n) is 9.46. The normalized spacial score (nSPS) is 13.8. The Morgan fingerprint density at radius 1 is 1.43 bits per heavy atom. The average Bonchev–Trinajstić information content (AvgIpc) is 1.96. The van der Waals surface area contributed by atoms with Gasteiger partial charge in [0.05, 0.1) is 6.26 Å². The van der Waals surface area contributed by atoms with Crippen molar-refractivity contribution in [1.82, 2.24) is 5.32 Å². The number of allylic oxidation sites excluding steroid dienone is 1. The van der Waals surface area contributed by atoms with Crippen LogP contribution in [-0.2, 0) is 9.47 Å². The third-order valence-corrected chi connectivity index (χ3v) is 1.14. The number of hydrogen-bond donors (Lipinski definition) is 1. The highest BCUT2D eigenvalue weighted by atomic mass is 16.6. The number of amides is 1. The molecule has 0 spiro atoms. The van der Waals surface area contributed by atoms with Crippen molar-refractivity contribution in [3.8, 4) is 0 Å². The van der Waals surface area contributed by atoms with E-state index in [1.54, 1.807) is 13.0 Å². The Labute approximate surface area is 85.3 Å². The minimum atomic E-state index is -0.482. The summed E-state index contributed by atoms with van der Waals surface area (Å²) in [7, 11) is 0. The summed E-state index contributed by atoms with van der Waals surface area (Å²) in [4.78, 5) is 11.2. The zero-order valence-corrected chi connectivity index (χ0v) is 9.46. The molecule has 0 saturated carbocycles. The lowest BCUT2D eigenvalue weighted by atomic mass is 10.2. The van der Waals surface area contributed by atoms with Gasteiger partial charge in [-0.15, -0.1) is 0 Å². The van der Waals surface area contributed by atoms with Crippen LogP contribution >= 0.6 is 0 Å². The van der Waals surface area contributed by atoms with Crippen molar-refractivity contribution in [3.63, 3.8) is 0 Å². The maximum atomic E-state index is 11.2. The first kappa shape index (κ1) is 12.8. The van der Waals surface area contributed by atoms with Gasteiger partial charge in [0.1, 0.15) is 5.60 Å². The van der Waals surface area contributed by atoms with Crippen molar-refractivity contribution in [2.45, 2.75) is 46.4 Å². The molecule has 1 N–H and O–H groups in total. The molecule has 0 aliphatic rings. The monoisotopic (exact) mass is 201 g/mol. The second-order valence-electron chi connectivity index (χ2n) is 3.89. The molecule has 0 aliphatic carbocycles. The fraction of sp³-hybridized carbons (Fsp3) is 0.700. The van der Waals surface area contributed by atoms with E-state index in [1.165, 1.54) is 6.26 Å². The number of hydrogen-bond acceptors (Lipinski definition) is 3. The van der Waals surface area contributed by atoms with Gasteiger partial charge in [-0.2, -0.15) is 0 Å². The lowest BCUT2D eigenvalue weighted by Gasteiger charge is -2.21. The maximum Gasteiger partial charge on any atom is 0.410 e. The molecule has 0 aromatic carbocycles. The molecule has 0 aliphatic heterocycles. The molecular formula is C10H19NO3. The van der Waals surface area contributed by atoms with Crippen LogP contribution in [0.2, 0.25) is 0 Å². The summed E-state index contributed by atoms with van der Waals surface area (Å²) in [6.45, 7) is 8.99. The Balaban J connectivity index is 3.83. The van der Waals surface area contributed by atoms with Gasteiger partial charge in [0, 0.05) is 0 Å². The molecule has 0 rings (SSSR count). The fourth-order valence-corrected chi connectivity index (χ4v) is 0.704. The third kappa shape index (κ3) is 7.46. The lowest BCUT2D eigenvalue weighted by Crippen LogP contribution is -2.38. The highest BCUT2D eigenvalue weighted by Crippen LogP contribution is 2.06. The predicted octanol–water partition coefficient (Wildman–Crippen LogP) is 2.41. The quantitative estimate of drug-likeness (QED) is 0.563. The molecule has 4 nitrogen and oxygen atoms in total. The molecule has 0 fully saturated rings. The minimum absolute atomic E-state index is 0.388. The molecule has 14 heavy (non-hydrogen) atoms. The standard InChI is InChI=1S/C10H19NO3/c1-6-7-13-8(2)11-9(12)14-10(3,4)5/h6-8H,1-5H3,(H,11,12)/b7-6+/t8-/m0/s1. The number of ether oxygens (including phenoxy) is 2. The number of nitrogens with one attached hydrogen (secondary N) is 1. The van der Waals surface area contributed by atoms with Crippen LogP contribution in [0.4, 0.5) is 4.79 Å². The molecule has 4 heteroatoms. The van der Waals surface area contributed by atoms with Gasteiger partial charge in [-0.25, -0.2) is 4.79 Å². The predicted molar refractivity (Wildman–Crippen MR) is 54.7 cm³/mol. The number of carbonyl (C=O) groups is 1. The van der Waals surface area contributed by atoms with E-state index in [0.29, 0.717) is 0 Å². The van der Waals surface area contributed by atoms with Gasteiger partial charge in [0.25, 0.3) is 0 Å². The first-order chi connectivity index (χ1) is 6.35. The highest BCUT2D eigenvalue weighted by molar-refractivity contribution is 5.67. The average molecular weight is 201 g/mol. The molecule has 0 radical (unpaired) electrons. The Bertz CT molecular complexity index is 206. The van der Waals surface area contributed by atoms with Gasteiger partial charge < -0.3 is 9.47 Å². The van der Waals surface area contributed by atoms with E-state index in [9.17, 15) is 4.79 Å². The van der Waals surface area contributed by atoms with E-state index >= 15 is 0 Å². The third-order valence-electron chi connectivity index (χ3n) is 1.14. The number of alkyl carbamates (subject to hydrolysis) is 1. The first-order valence-electron chi connectivity index (χ1n) is 4.61. The van der Waals surface area contributed by atoms with E-state index in [4.69, 9.17) is 9.47 Å². The van der Waals surface area contributed by atoms with E-state index in [2.05, 4.69) is 5.32 Å². The summed E-state index contributed by atoms with van der Waals surface area (Å²) in [6.07, 6.45) is 2.39. The van der Waals surface area contributed by atoms with Crippen LogP contribution in [0.1, 0.15) is 34.6 Å². The Hall–Kier alpha value is -1.19. The Kier molecular flexibility index (Phi) is 5.05. The van der Waals surface area contributed by atoms with E-state index in [0.717, 1.165) is 0 Å². The van der Waals surface area contributed by atoms with Gasteiger partial charge in [0.2, 0.25) is 0 Å². The summed E-state index contributed by atoms with van der Waals surface area (Å²) in [5.41, 5.74) is -0.482. The molecule has 1 amide bonds. The number of carbonyl (C=O) groups excluding carboxylic acids is 1. The molecular weight excluding hydrogens is 182 g/mol. The van der Waals surface area contributed by atoms with Crippen LogP contribution in [-0.4, -0.2) is 17.9 Å². The highest BCUT2D eigenvalue weighted by Gasteiger charge is 2.17. The molecule has 0 aromatic rings. The fourth-order valence-electron chi connectivity index (χ4n) is 0.704. The van der Waals surface area contributed by atoms with Crippen molar-refractivity contribution in [3.05, 3.63) is 12.3 Å². The van der Waals surface area contributed by atoms with Crippen LogP contribution in [0, 0.1) is 0 Å². The number of rotatable bonds is 3. The summed E-state index contributed by atoms with van der Waals surface area (Å²) >= 11 is 0. The van der Waals surface area contributed by atoms with Crippen LogP contribution in [0.3, 0.4) is 0 Å². The van der Waals surface area contributed by atoms with Gasteiger partial charge >= 0.3 is 6.09 Å². The largest absolute Gasteiger partial charge is 0.479 e. The van der Waals surface area contributed by atoms with Crippen molar-refractivity contribution < 1.29 is 14.3 Å². The maximum absolute atomic E-state index is 11.2. The lowest BCUT2D eigenvalue weighted by molar-refractivity contribution is 0.0357. The first-order valence-corrected chi connectivity index (χ1v) is 4.61. The molecule has 82 valence electrons. The molecule has 0 aromatic heterocycles. The van der Waals surface area contributed by atoms with Crippen molar-refractivity contribution in [2.75, 3.05) is 0 Å². The molecule has 0 heterocycles. The molecule has 0 unspecified atom stereocenters. The second-order valence-corrected chi connectivity index (χ2v) is 3.89. The van der Waals surface area contributed by atoms with Gasteiger partial charge in [0.15, 0.2) is 6.23 Å². The summed E-state index contributed by atoms with van der Waals surface area (Å²) in [5.74, 6) is 0. The van der Waals surface area contributed by atoms with Crippen LogP contribution in [0.15, 0.2) is 12.3 Å². The van der Waals surface area contributed by atoms with Crippen LogP contribution in [0.5, 0.6) is 0 Å². The van der Waals surface area contributed by atoms with E-state index < -0.39 is 11.7 Å². The smallest absolute Gasteiger partial charge is 0.410 e. The molecule has 0 saturated heterocycles. The zero-order chi connectivity index (χ0) is 11.2. The minimum Gasteiger partial charge on any atom is -0.479 e. The topological polar surface area (TPSA) is 47.6 Å². The van der Waals surface area contributed by atoms with Gasteiger partial charge in [-0.1, -0.05) is 6.08 Å². The van der Waals surface area contributed by atoms with Gasteiger partial charge in [-0.3, -0.25) is 5.32 Å². The molecule has 1 atom stereocenters. The Morgan fingerprint density at radius 2 is 2.00 bits per heavy atom. The van der Waals surface area contributed by atoms with Crippen molar-refractivity contribution in [1.29, 1.82) is 0 Å². The van der Waals surface area contributed by atoms with Crippen molar-refractivity contribution >= 4 is 6.09 Å². The van der Waals surface area contributed by atoms with E-state index in [-0.39, 0.29) is 6.23 Å². The summed E-state index contributed by atoms with van der Waals surface area (Å²) in [6, 6.07) is 0. The summed E-state index contributed by atoms with van der Waals surface area (Å²) < 4.78 is 10.1. The van der Waals surface area contributed by atoms with Gasteiger partial charge in [-0.05, 0) is 34.6 Å². The second kappa shape index (κ2) is 5.52. The molecule has 0 bridgehead atoms. The summed E-state index contributed by atoms with van der Waals surface area (Å²) in [5, 5.41) is 2.54. The van der Waals surface area contributed by atoms with Crippen LogP contribution < -0.4 is 5.32 Å². The van der Waals surface area contributed by atoms with E-state index in [1.807, 2.05) is 27.7 Å². The van der Waals surface area contributed by atoms with Crippen molar-refractivity contribution in [2.24, 2.45) is 0 Å².